The van der Waals surface area contributed by atoms with Crippen molar-refractivity contribution in [2.45, 2.75) is 26.4 Å². The summed E-state index contributed by atoms with van der Waals surface area (Å²) >= 11 is 0. The van der Waals surface area contributed by atoms with Gasteiger partial charge in [-0.25, -0.2) is 4.98 Å². The number of H-pyrrole nitrogens is 1. The number of carbonyl (C=O) groups is 1. The predicted octanol–water partition coefficient (Wildman–Crippen LogP) is 3.61. The molecule has 3 rings (SSSR count). The van der Waals surface area contributed by atoms with Crippen LogP contribution in [0, 0.1) is 0 Å². The Morgan fingerprint density at radius 1 is 1.18 bits per heavy atom. The van der Waals surface area contributed by atoms with Crippen LogP contribution < -0.4 is 0 Å². The van der Waals surface area contributed by atoms with Gasteiger partial charge < -0.3 is 9.88 Å². The minimum Gasteiger partial charge on any atom is -0.345 e. The first kappa shape index (κ1) is 14.3. The number of aromatic amines is 1. The Balaban J connectivity index is 1.88. The maximum absolute atomic E-state index is 12.8. The molecule has 0 atom stereocenters. The van der Waals surface area contributed by atoms with E-state index in [2.05, 4.69) is 9.97 Å². The third kappa shape index (κ3) is 2.86. The summed E-state index contributed by atoms with van der Waals surface area (Å²) in [5.41, 5.74) is 3.57. The molecule has 3 aromatic rings. The van der Waals surface area contributed by atoms with Crippen molar-refractivity contribution in [3.05, 3.63) is 66.0 Å². The number of hydrogen-bond donors (Lipinski definition) is 1. The van der Waals surface area contributed by atoms with Gasteiger partial charge in [0.25, 0.3) is 5.91 Å². The van der Waals surface area contributed by atoms with Crippen molar-refractivity contribution in [1.82, 2.24) is 14.9 Å². The third-order valence-electron chi connectivity index (χ3n) is 3.75. The number of hydrogen-bond acceptors (Lipinski definition) is 2. The van der Waals surface area contributed by atoms with Crippen LogP contribution in [0.5, 0.6) is 0 Å². The highest BCUT2D eigenvalue weighted by molar-refractivity contribution is 5.97. The molecule has 1 N–H and O–H groups in total. The average molecular weight is 293 g/mol. The Kier molecular flexibility index (Phi) is 3.92. The van der Waals surface area contributed by atoms with E-state index in [-0.39, 0.29) is 11.9 Å². The van der Waals surface area contributed by atoms with Crippen LogP contribution in [0.3, 0.4) is 0 Å². The molecule has 22 heavy (non-hydrogen) atoms. The van der Waals surface area contributed by atoms with Crippen molar-refractivity contribution in [2.24, 2.45) is 0 Å². The number of imidazole rings is 1. The summed E-state index contributed by atoms with van der Waals surface area (Å²) in [6.07, 6.45) is 1.64. The molecule has 0 aliphatic carbocycles. The highest BCUT2D eigenvalue weighted by atomic mass is 16.2. The van der Waals surface area contributed by atoms with Gasteiger partial charge in [-0.1, -0.05) is 30.3 Å². The Morgan fingerprint density at radius 2 is 1.95 bits per heavy atom. The van der Waals surface area contributed by atoms with E-state index in [0.717, 1.165) is 16.6 Å². The molecule has 0 saturated heterocycles. The fraction of sp³-hybridized carbons (Fsp3) is 0.222. The second kappa shape index (κ2) is 6.02. The second-order valence-electron chi connectivity index (χ2n) is 5.65. The smallest absolute Gasteiger partial charge is 0.254 e. The molecule has 0 radical (unpaired) electrons. The van der Waals surface area contributed by atoms with Crippen LogP contribution in [0.4, 0.5) is 0 Å². The van der Waals surface area contributed by atoms with Crippen molar-refractivity contribution in [3.8, 4) is 0 Å². The van der Waals surface area contributed by atoms with Gasteiger partial charge in [0.1, 0.15) is 0 Å². The molecule has 0 saturated carbocycles. The molecule has 0 spiro atoms. The summed E-state index contributed by atoms with van der Waals surface area (Å²) < 4.78 is 0. The van der Waals surface area contributed by atoms with E-state index in [0.29, 0.717) is 12.1 Å². The number of rotatable bonds is 4. The monoisotopic (exact) mass is 293 g/mol. The molecule has 0 fully saturated rings. The van der Waals surface area contributed by atoms with E-state index < -0.39 is 0 Å². The van der Waals surface area contributed by atoms with Gasteiger partial charge in [0, 0.05) is 18.2 Å². The van der Waals surface area contributed by atoms with Gasteiger partial charge in [0.2, 0.25) is 0 Å². The van der Waals surface area contributed by atoms with Crippen molar-refractivity contribution in [1.29, 1.82) is 0 Å². The summed E-state index contributed by atoms with van der Waals surface area (Å²) in [6, 6.07) is 15.8. The van der Waals surface area contributed by atoms with Crippen LogP contribution in [0.2, 0.25) is 0 Å². The lowest BCUT2D eigenvalue weighted by Crippen LogP contribution is -2.36. The largest absolute Gasteiger partial charge is 0.345 e. The van der Waals surface area contributed by atoms with Gasteiger partial charge in [-0.2, -0.15) is 0 Å². The highest BCUT2D eigenvalue weighted by Gasteiger charge is 2.19. The SMILES string of the molecule is CC(C)N(Cc1ccccc1)C(=O)c1ccc2nc[nH]c2c1. The fourth-order valence-corrected chi connectivity index (χ4v) is 2.50. The minimum atomic E-state index is 0.0374. The Morgan fingerprint density at radius 3 is 2.68 bits per heavy atom. The summed E-state index contributed by atoms with van der Waals surface area (Å²) in [4.78, 5) is 22.0. The van der Waals surface area contributed by atoms with Crippen LogP contribution in [0.1, 0.15) is 29.8 Å². The number of amides is 1. The van der Waals surface area contributed by atoms with Crippen LogP contribution >= 0.6 is 0 Å². The van der Waals surface area contributed by atoms with Crippen molar-refractivity contribution in [2.75, 3.05) is 0 Å². The van der Waals surface area contributed by atoms with Crippen molar-refractivity contribution in [3.63, 3.8) is 0 Å². The zero-order valence-corrected chi connectivity index (χ0v) is 12.8. The third-order valence-corrected chi connectivity index (χ3v) is 3.75. The molecule has 0 unspecified atom stereocenters. The Hall–Kier alpha value is -2.62. The molecule has 2 aromatic carbocycles. The summed E-state index contributed by atoms with van der Waals surface area (Å²) in [5.74, 6) is 0.0374. The maximum Gasteiger partial charge on any atom is 0.254 e. The number of nitrogens with one attached hydrogen (secondary N) is 1. The predicted molar refractivity (Wildman–Crippen MR) is 87.5 cm³/mol. The lowest BCUT2D eigenvalue weighted by Gasteiger charge is -2.27. The van der Waals surface area contributed by atoms with Crippen molar-refractivity contribution >= 4 is 16.9 Å². The molecule has 1 amide bonds. The highest BCUT2D eigenvalue weighted by Crippen LogP contribution is 2.17. The topological polar surface area (TPSA) is 49.0 Å². The number of nitrogens with zero attached hydrogens (tertiary/aromatic N) is 2. The van der Waals surface area contributed by atoms with E-state index in [1.165, 1.54) is 0 Å². The van der Waals surface area contributed by atoms with E-state index in [1.807, 2.05) is 67.3 Å². The second-order valence-corrected chi connectivity index (χ2v) is 5.65. The molecule has 0 bridgehead atoms. The molecule has 1 heterocycles. The molecule has 1 aromatic heterocycles. The van der Waals surface area contributed by atoms with Crippen LogP contribution in [-0.4, -0.2) is 26.8 Å². The van der Waals surface area contributed by atoms with Crippen LogP contribution in [-0.2, 0) is 6.54 Å². The van der Waals surface area contributed by atoms with Gasteiger partial charge in [-0.05, 0) is 37.6 Å². The van der Waals surface area contributed by atoms with Crippen LogP contribution in [0.15, 0.2) is 54.9 Å². The van der Waals surface area contributed by atoms with E-state index in [9.17, 15) is 4.79 Å². The van der Waals surface area contributed by atoms with E-state index >= 15 is 0 Å². The average Bonchev–Trinajstić information content (AvgIpc) is 3.00. The summed E-state index contributed by atoms with van der Waals surface area (Å²) in [5, 5.41) is 0. The Bertz CT molecular complexity index is 777. The Labute approximate surface area is 129 Å². The molecule has 0 aliphatic rings. The van der Waals surface area contributed by atoms with Crippen molar-refractivity contribution < 1.29 is 4.79 Å². The van der Waals surface area contributed by atoms with E-state index in [1.54, 1.807) is 6.33 Å². The molecule has 0 aliphatic heterocycles. The molecular weight excluding hydrogens is 274 g/mol. The standard InChI is InChI=1S/C18H19N3O/c1-13(2)21(11-14-6-4-3-5-7-14)18(22)15-8-9-16-17(10-15)20-12-19-16/h3-10,12-13H,11H2,1-2H3,(H,19,20). The number of aromatic nitrogens is 2. The van der Waals surface area contributed by atoms with Gasteiger partial charge in [-0.15, -0.1) is 0 Å². The fourth-order valence-electron chi connectivity index (χ4n) is 2.50. The minimum absolute atomic E-state index is 0.0374. The zero-order chi connectivity index (χ0) is 15.5. The summed E-state index contributed by atoms with van der Waals surface area (Å²) in [6.45, 7) is 4.68. The van der Waals surface area contributed by atoms with Gasteiger partial charge in [-0.3, -0.25) is 4.79 Å². The quantitative estimate of drug-likeness (QED) is 0.798. The first-order chi connectivity index (χ1) is 10.6. The number of carbonyl (C=O) groups excluding carboxylic acids is 1. The lowest BCUT2D eigenvalue weighted by atomic mass is 10.1. The number of benzene rings is 2. The normalized spacial score (nSPS) is 11.0. The lowest BCUT2D eigenvalue weighted by molar-refractivity contribution is 0.0690. The molecule has 4 heteroatoms. The molecule has 4 nitrogen and oxygen atoms in total. The maximum atomic E-state index is 12.8. The molecule has 112 valence electrons. The first-order valence-corrected chi connectivity index (χ1v) is 7.43. The number of fused-ring (bicyclic) bond motifs is 1. The summed E-state index contributed by atoms with van der Waals surface area (Å²) in [7, 11) is 0. The zero-order valence-electron chi connectivity index (χ0n) is 12.8. The van der Waals surface area contributed by atoms with Gasteiger partial charge in [0.05, 0.1) is 17.4 Å². The van der Waals surface area contributed by atoms with E-state index in [4.69, 9.17) is 0 Å². The molecular formula is C18H19N3O. The van der Waals surface area contributed by atoms with Gasteiger partial charge >= 0.3 is 0 Å². The van der Waals surface area contributed by atoms with Gasteiger partial charge in [0.15, 0.2) is 0 Å². The first-order valence-electron chi connectivity index (χ1n) is 7.43. The van der Waals surface area contributed by atoms with Crippen LogP contribution in [0.25, 0.3) is 11.0 Å².